The molecule has 0 fully saturated rings. The van der Waals surface area contributed by atoms with Gasteiger partial charge in [-0.25, -0.2) is 24.3 Å². The summed E-state index contributed by atoms with van der Waals surface area (Å²) < 4.78 is 27.4. The third kappa shape index (κ3) is 9.77. The van der Waals surface area contributed by atoms with E-state index in [2.05, 4.69) is 0 Å². The maximum Gasteiger partial charge on any atom is 3.00 e. The fourth-order valence-electron chi connectivity index (χ4n) is 4.59. The second kappa shape index (κ2) is 21.4. The Hall–Kier alpha value is -1.46. The summed E-state index contributed by atoms with van der Waals surface area (Å²) in [5, 5.41) is 5.31. The first-order valence-electron chi connectivity index (χ1n) is 12.5. The summed E-state index contributed by atoms with van der Waals surface area (Å²) in [4.78, 5) is 0. The van der Waals surface area contributed by atoms with Crippen molar-refractivity contribution in [3.63, 3.8) is 0 Å². The minimum atomic E-state index is -2.73. The average molecular weight is 851 g/mol. The van der Waals surface area contributed by atoms with Crippen LogP contribution in [0.5, 0.6) is 0 Å². The normalized spacial score (nSPS) is 9.82. The molecule has 0 saturated heterocycles. The fraction of sp³-hybridized carbons (Fsp3) is 0. The third-order valence-electron chi connectivity index (χ3n) is 6.50. The van der Waals surface area contributed by atoms with Crippen LogP contribution in [0.3, 0.4) is 0 Å². The molecule has 6 rings (SSSR count). The molecule has 44 heavy (non-hydrogen) atoms. The Labute approximate surface area is 315 Å². The number of halogens is 4. The van der Waals surface area contributed by atoms with Gasteiger partial charge in [-0.05, 0) is 0 Å². The van der Waals surface area contributed by atoms with Gasteiger partial charge < -0.3 is 58.8 Å². The zero-order valence-electron chi connectivity index (χ0n) is 24.2. The van der Waals surface area contributed by atoms with Crippen LogP contribution in [0.15, 0.2) is 170 Å². The number of hydrogen-bond acceptors (Lipinski definition) is 2. The summed E-state index contributed by atoms with van der Waals surface area (Å²) in [6, 6.07) is 54.4. The first-order chi connectivity index (χ1) is 18.6. The van der Waals surface area contributed by atoms with Crippen molar-refractivity contribution in [1.82, 2.24) is 0 Å². The molecule has 0 aliphatic heterocycles. The quantitative estimate of drug-likeness (QED) is 0.0952. The number of benzene rings is 4. The molecule has 0 atom stereocenters. The van der Waals surface area contributed by atoms with E-state index in [-0.39, 0.29) is 92.6 Å². The van der Waals surface area contributed by atoms with Crippen LogP contribution in [-0.4, -0.2) is 24.4 Å². The molecule has 0 amide bonds. The Bertz CT molecular complexity index is 1450. The average Bonchev–Trinajstić information content (AvgIpc) is 3.75. The molecule has 230 valence electrons. The molecule has 0 N–H and O–H groups in total. The van der Waals surface area contributed by atoms with Gasteiger partial charge in [-0.15, -0.1) is 0 Å². The van der Waals surface area contributed by atoms with E-state index < -0.39 is 14.3 Å². The van der Waals surface area contributed by atoms with E-state index in [4.69, 9.17) is 0 Å². The molecule has 4 radical (unpaired) electrons. The van der Waals surface area contributed by atoms with Gasteiger partial charge in [-0.2, -0.15) is 24.3 Å². The molecule has 0 aliphatic carbocycles. The predicted molar refractivity (Wildman–Crippen MR) is 170 cm³/mol. The molecule has 0 unspecified atom stereocenters. The van der Waals surface area contributed by atoms with E-state index in [0.29, 0.717) is 0 Å². The standard InChI is InChI=1S/2C17H14OP.4ClH.Fe.Sb/c2*18-19(17-13-7-8-14-17,15-9-3-1-4-10-15)16-11-5-2-6-12-16;;;;;;/h2*1-14H;4*1H;;/q2*-1;;;;;+3;/p-3. The van der Waals surface area contributed by atoms with E-state index in [1.807, 2.05) is 170 Å². The Morgan fingerprint density at radius 1 is 0.386 bits per heavy atom. The SMILES string of the molecule is O=P(c1ccccc1)(c1ccccc1)c1ccc[cH-]1.O=P(c1ccccc1)(c1ccccc1)c1ccc[cH-]1.[Cl-].[Cl-].[Cl-].[Cl-].[Fe+3].[H+].[Sb]. The fourth-order valence-corrected chi connectivity index (χ4v) is 9.93. The summed E-state index contributed by atoms with van der Waals surface area (Å²) in [5.74, 6) is 0. The molecule has 0 spiro atoms. The maximum absolute atomic E-state index is 13.7. The summed E-state index contributed by atoms with van der Waals surface area (Å²) in [6.45, 7) is 0. The van der Waals surface area contributed by atoms with Crippen LogP contribution in [0.1, 0.15) is 1.43 Å². The van der Waals surface area contributed by atoms with Crippen LogP contribution in [0.2, 0.25) is 0 Å². The Morgan fingerprint density at radius 2 is 0.614 bits per heavy atom. The molecule has 0 aromatic heterocycles. The largest absolute Gasteiger partial charge is 3.00 e. The van der Waals surface area contributed by atoms with Crippen molar-refractivity contribution in [2.45, 2.75) is 0 Å². The van der Waals surface area contributed by atoms with Crippen molar-refractivity contribution in [1.29, 1.82) is 0 Å². The van der Waals surface area contributed by atoms with Gasteiger partial charge in [0.05, 0.1) is 0 Å². The van der Waals surface area contributed by atoms with Crippen LogP contribution in [0, 0.1) is 0 Å². The molecule has 10 heteroatoms. The summed E-state index contributed by atoms with van der Waals surface area (Å²) in [6.07, 6.45) is 0. The molecule has 0 heterocycles. The zero-order chi connectivity index (χ0) is 26.3. The van der Waals surface area contributed by atoms with E-state index in [0.717, 1.165) is 31.8 Å². The van der Waals surface area contributed by atoms with Crippen LogP contribution in [-0.2, 0) is 26.2 Å². The molecule has 0 aliphatic rings. The van der Waals surface area contributed by atoms with Crippen molar-refractivity contribution in [2.75, 3.05) is 0 Å². The molecule has 0 bridgehead atoms. The number of hydrogen-bond donors (Lipinski definition) is 0. The van der Waals surface area contributed by atoms with Gasteiger partial charge in [0.2, 0.25) is 0 Å². The third-order valence-corrected chi connectivity index (χ3v) is 12.6. The van der Waals surface area contributed by atoms with E-state index in [9.17, 15) is 9.13 Å². The van der Waals surface area contributed by atoms with Crippen molar-refractivity contribution >= 4 is 70.5 Å². The molecule has 6 aromatic rings. The maximum atomic E-state index is 13.7. The smallest absolute Gasteiger partial charge is 1.00 e. The summed E-state index contributed by atoms with van der Waals surface area (Å²) in [5.41, 5.74) is 0. The van der Waals surface area contributed by atoms with Gasteiger partial charge >= 0.3 is 18.5 Å². The van der Waals surface area contributed by atoms with Gasteiger partial charge in [-0.1, -0.05) is 132 Å². The van der Waals surface area contributed by atoms with E-state index in [1.165, 1.54) is 0 Å². The van der Waals surface area contributed by atoms with Crippen LogP contribution in [0.25, 0.3) is 0 Å². The predicted octanol–water partition coefficient (Wildman–Crippen LogP) is -6.17. The van der Waals surface area contributed by atoms with Gasteiger partial charge in [0, 0.05) is 45.6 Å². The van der Waals surface area contributed by atoms with Gasteiger partial charge in [-0.3, -0.25) is 0 Å². The Kier molecular flexibility index (Phi) is 21.7. The van der Waals surface area contributed by atoms with Gasteiger partial charge in [0.1, 0.15) is 14.3 Å². The van der Waals surface area contributed by atoms with Crippen molar-refractivity contribution < 1.29 is 77.3 Å². The van der Waals surface area contributed by atoms with Crippen molar-refractivity contribution in [2.24, 2.45) is 0 Å². The topological polar surface area (TPSA) is 34.1 Å². The monoisotopic (exact) mass is 848 g/mol. The Morgan fingerprint density at radius 3 is 0.795 bits per heavy atom. The molecule has 2 nitrogen and oxygen atoms in total. The summed E-state index contributed by atoms with van der Waals surface area (Å²) >= 11 is 0. The van der Waals surface area contributed by atoms with E-state index in [1.54, 1.807) is 0 Å². The molecular weight excluding hydrogens is 822 g/mol. The molecular formula is C34H29Cl4FeO2P2Sb-2. The molecule has 0 saturated carbocycles. The Balaban J connectivity index is -0.000000678. The van der Waals surface area contributed by atoms with Crippen LogP contribution < -0.4 is 81.5 Å². The van der Waals surface area contributed by atoms with Crippen molar-refractivity contribution in [3.05, 3.63) is 170 Å². The van der Waals surface area contributed by atoms with Crippen LogP contribution in [0.4, 0.5) is 0 Å². The van der Waals surface area contributed by atoms with Gasteiger partial charge in [0.25, 0.3) is 0 Å². The van der Waals surface area contributed by atoms with Crippen molar-refractivity contribution in [3.8, 4) is 0 Å². The summed E-state index contributed by atoms with van der Waals surface area (Å²) in [7, 11) is -5.46. The van der Waals surface area contributed by atoms with Crippen LogP contribution >= 0.6 is 14.3 Å². The minimum Gasteiger partial charge on any atom is -1.00 e. The first kappa shape index (κ1) is 44.7. The second-order valence-corrected chi connectivity index (χ2v) is 14.4. The minimum absolute atomic E-state index is 0. The van der Waals surface area contributed by atoms with E-state index >= 15 is 0 Å². The number of rotatable bonds is 6. The zero-order valence-corrected chi connectivity index (χ0v) is 31.7. The van der Waals surface area contributed by atoms with Gasteiger partial charge in [0.15, 0.2) is 0 Å². The second-order valence-electron chi connectivity index (χ2n) is 8.85. The first-order valence-corrected chi connectivity index (χ1v) is 15.9. The molecule has 6 aromatic carbocycles.